The van der Waals surface area contributed by atoms with E-state index in [2.05, 4.69) is 31.8 Å². The number of fused-ring (bicyclic) bond motifs is 1. The van der Waals surface area contributed by atoms with Gasteiger partial charge >= 0.3 is 0 Å². The Kier molecular flexibility index (Phi) is 6.72. The third kappa shape index (κ3) is 3.97. The molecule has 0 spiro atoms. The molecule has 3 N–H and O–H groups in total. The van der Waals surface area contributed by atoms with E-state index < -0.39 is 0 Å². The maximum atomic E-state index is 9.64. The standard InChI is InChI=1S/C26H30ClN7/c1-16-17(2)26(10-11-28)22(14-29)23(26)32-15-34(20-8-6-19(13-27)7-9-20)25(33-18(16)3)21-5-4-12-31-24(21)30/h4-9,12,14-18,22-23,29H,10,13H2,1-3H3,(H2,30,31)/b29-14?,32-15+,33-25-/t16-,17-,18-,22-,23?,26?/m0/s1. The van der Waals surface area contributed by atoms with Crippen LogP contribution in [-0.2, 0) is 5.88 Å². The molecule has 2 heterocycles. The van der Waals surface area contributed by atoms with Gasteiger partial charge in [0.2, 0.25) is 0 Å². The SMILES string of the molecule is C[C@@H]1[C@H](C)/N=C(/c2cccnc2N)N(c2ccc(CCl)cc2)/C=N/C2[C@H](C=N)C2(CC#N)[C@H]1C. The molecule has 1 aliphatic heterocycles. The minimum Gasteiger partial charge on any atom is -0.383 e. The predicted molar refractivity (Wildman–Crippen MR) is 139 cm³/mol. The van der Waals surface area contributed by atoms with Crippen LogP contribution in [-0.4, -0.2) is 35.5 Å². The molecule has 34 heavy (non-hydrogen) atoms. The van der Waals surface area contributed by atoms with E-state index >= 15 is 0 Å². The first-order chi connectivity index (χ1) is 16.4. The molecule has 6 atom stereocenters. The number of halogens is 1. The molecule has 2 unspecified atom stereocenters. The van der Waals surface area contributed by atoms with Gasteiger partial charge in [-0.2, -0.15) is 5.26 Å². The Morgan fingerprint density at radius 2 is 1.97 bits per heavy atom. The molecule has 2 aliphatic rings. The van der Waals surface area contributed by atoms with Crippen molar-refractivity contribution in [1.29, 1.82) is 10.7 Å². The Balaban J connectivity index is 1.90. The van der Waals surface area contributed by atoms with Crippen molar-refractivity contribution in [3.8, 4) is 6.07 Å². The van der Waals surface area contributed by atoms with Gasteiger partial charge in [0, 0.05) is 41.7 Å². The van der Waals surface area contributed by atoms with E-state index in [0.717, 1.165) is 16.8 Å². The number of hydrogen-bond acceptors (Lipinski definition) is 7. The first-order valence-corrected chi connectivity index (χ1v) is 12.1. The monoisotopic (exact) mass is 475 g/mol. The van der Waals surface area contributed by atoms with Gasteiger partial charge in [-0.15, -0.1) is 11.6 Å². The van der Waals surface area contributed by atoms with E-state index in [0.29, 0.717) is 24.0 Å². The second-order valence-corrected chi connectivity index (χ2v) is 9.56. The normalized spacial score (nSPS) is 33.1. The van der Waals surface area contributed by atoms with Gasteiger partial charge in [-0.3, -0.25) is 14.9 Å². The van der Waals surface area contributed by atoms with Crippen LogP contribution < -0.4 is 10.6 Å². The second-order valence-electron chi connectivity index (χ2n) is 9.30. The molecular weight excluding hydrogens is 446 g/mol. The Morgan fingerprint density at radius 1 is 1.24 bits per heavy atom. The summed E-state index contributed by atoms with van der Waals surface area (Å²) in [5.74, 6) is 1.73. The van der Waals surface area contributed by atoms with Crippen LogP contribution in [0.3, 0.4) is 0 Å². The predicted octanol–water partition coefficient (Wildman–Crippen LogP) is 4.91. The summed E-state index contributed by atoms with van der Waals surface area (Å²) in [5.41, 5.74) is 8.55. The average molecular weight is 476 g/mol. The van der Waals surface area contributed by atoms with Gasteiger partial charge in [0.25, 0.3) is 0 Å². The van der Waals surface area contributed by atoms with E-state index in [1.807, 2.05) is 41.3 Å². The summed E-state index contributed by atoms with van der Waals surface area (Å²) in [6.07, 6.45) is 5.27. The number of hydrogen-bond donors (Lipinski definition) is 2. The molecule has 8 heteroatoms. The lowest BCUT2D eigenvalue weighted by atomic mass is 9.75. The molecular formula is C26H30ClN7. The minimum absolute atomic E-state index is 0.0658. The maximum Gasteiger partial charge on any atom is 0.144 e. The highest BCUT2D eigenvalue weighted by Gasteiger charge is 2.67. The van der Waals surface area contributed by atoms with Gasteiger partial charge < -0.3 is 11.1 Å². The Hall–Kier alpha value is -3.24. The number of aromatic nitrogens is 1. The van der Waals surface area contributed by atoms with Gasteiger partial charge in [0.15, 0.2) is 0 Å². The van der Waals surface area contributed by atoms with Crippen molar-refractivity contribution in [2.45, 2.75) is 45.2 Å². The fraction of sp³-hybridized carbons (Fsp3) is 0.423. The first-order valence-electron chi connectivity index (χ1n) is 11.5. The van der Waals surface area contributed by atoms with E-state index in [4.69, 9.17) is 32.7 Å². The molecule has 2 aromatic rings. The molecule has 1 aromatic heterocycles. The largest absolute Gasteiger partial charge is 0.383 e. The molecule has 1 aromatic carbocycles. The van der Waals surface area contributed by atoms with Gasteiger partial charge in [-0.05, 0) is 48.6 Å². The number of nitrogen functional groups attached to an aromatic ring is 1. The summed E-state index contributed by atoms with van der Waals surface area (Å²) in [5, 5.41) is 17.7. The number of anilines is 2. The van der Waals surface area contributed by atoms with Gasteiger partial charge in [0.05, 0.1) is 30.1 Å². The van der Waals surface area contributed by atoms with Crippen LogP contribution >= 0.6 is 11.6 Å². The van der Waals surface area contributed by atoms with Crippen molar-refractivity contribution in [2.75, 3.05) is 10.6 Å². The third-order valence-electron chi connectivity index (χ3n) is 7.71. The minimum atomic E-state index is -0.352. The molecule has 0 amide bonds. The molecule has 1 aliphatic carbocycles. The van der Waals surface area contributed by atoms with E-state index in [1.54, 1.807) is 12.5 Å². The Morgan fingerprint density at radius 3 is 2.59 bits per heavy atom. The summed E-state index contributed by atoms with van der Waals surface area (Å²) >= 11 is 6.01. The lowest BCUT2D eigenvalue weighted by Crippen LogP contribution is -2.36. The second kappa shape index (κ2) is 9.55. The molecule has 4 rings (SSSR count). The highest BCUT2D eigenvalue weighted by Crippen LogP contribution is 2.63. The smallest absolute Gasteiger partial charge is 0.144 e. The van der Waals surface area contributed by atoms with Crippen LogP contribution in [0.1, 0.15) is 38.3 Å². The fourth-order valence-electron chi connectivity index (χ4n) is 5.25. The molecule has 176 valence electrons. The zero-order valence-corrected chi connectivity index (χ0v) is 20.4. The number of rotatable bonds is 5. The summed E-state index contributed by atoms with van der Waals surface area (Å²) in [6, 6.07) is 13.9. The van der Waals surface area contributed by atoms with Crippen molar-refractivity contribution < 1.29 is 0 Å². The third-order valence-corrected chi connectivity index (χ3v) is 8.02. The van der Waals surface area contributed by atoms with Crippen LogP contribution in [0.4, 0.5) is 11.5 Å². The van der Waals surface area contributed by atoms with E-state index in [1.165, 1.54) is 6.21 Å². The Bertz CT molecular complexity index is 1150. The van der Waals surface area contributed by atoms with Gasteiger partial charge in [-0.25, -0.2) is 4.98 Å². The Labute approximate surface area is 205 Å². The lowest BCUT2D eigenvalue weighted by Gasteiger charge is -2.33. The zero-order valence-electron chi connectivity index (χ0n) is 19.7. The molecule has 0 bridgehead atoms. The van der Waals surface area contributed by atoms with Crippen LogP contribution in [0.15, 0.2) is 52.6 Å². The summed E-state index contributed by atoms with van der Waals surface area (Å²) < 4.78 is 0. The van der Waals surface area contributed by atoms with Crippen LogP contribution in [0.2, 0.25) is 0 Å². The number of benzene rings is 1. The lowest BCUT2D eigenvalue weighted by molar-refractivity contribution is 0.208. The molecule has 7 nitrogen and oxygen atoms in total. The average Bonchev–Trinajstić information content (AvgIpc) is 3.49. The molecule has 1 fully saturated rings. The van der Waals surface area contributed by atoms with Crippen LogP contribution in [0.5, 0.6) is 0 Å². The quantitative estimate of drug-likeness (QED) is 0.472. The number of pyridine rings is 1. The van der Waals surface area contributed by atoms with Crippen molar-refractivity contribution in [3.63, 3.8) is 0 Å². The van der Waals surface area contributed by atoms with Gasteiger partial charge in [0.1, 0.15) is 11.7 Å². The summed E-state index contributed by atoms with van der Waals surface area (Å²) in [7, 11) is 0. The van der Waals surface area contributed by atoms with Crippen LogP contribution in [0.25, 0.3) is 0 Å². The molecule has 0 radical (unpaired) electrons. The molecule has 1 saturated carbocycles. The van der Waals surface area contributed by atoms with Crippen molar-refractivity contribution in [2.24, 2.45) is 33.2 Å². The maximum absolute atomic E-state index is 9.64. The van der Waals surface area contributed by atoms with Crippen LogP contribution in [0, 0.1) is 39.9 Å². The number of alkyl halides is 1. The fourth-order valence-corrected chi connectivity index (χ4v) is 5.43. The van der Waals surface area contributed by atoms with Crippen molar-refractivity contribution in [3.05, 3.63) is 53.7 Å². The number of nitrogens with one attached hydrogen (secondary N) is 1. The van der Waals surface area contributed by atoms with E-state index in [-0.39, 0.29) is 35.3 Å². The molecule has 0 saturated heterocycles. The van der Waals surface area contributed by atoms with E-state index in [9.17, 15) is 5.26 Å². The topological polar surface area (TPSA) is 115 Å². The van der Waals surface area contributed by atoms with Crippen molar-refractivity contribution >= 4 is 41.5 Å². The highest BCUT2D eigenvalue weighted by atomic mass is 35.5. The van der Waals surface area contributed by atoms with Crippen molar-refractivity contribution in [1.82, 2.24) is 4.98 Å². The summed E-state index contributed by atoms with van der Waals surface area (Å²) in [6.45, 7) is 6.43. The number of amidine groups is 1. The number of nitrogens with two attached hydrogens (primary N) is 1. The number of aliphatic imine (C=N–C) groups is 2. The highest BCUT2D eigenvalue weighted by molar-refractivity contribution is 6.21. The first kappa shape index (κ1) is 23.9. The zero-order chi connectivity index (χ0) is 24.5. The van der Waals surface area contributed by atoms with Gasteiger partial charge in [-0.1, -0.05) is 26.0 Å². The number of nitriles is 1. The summed E-state index contributed by atoms with van der Waals surface area (Å²) in [4.78, 5) is 16.3. The number of nitrogens with zero attached hydrogens (tertiary/aromatic N) is 5.